The Labute approximate surface area is 237 Å². The van der Waals surface area contributed by atoms with E-state index in [0.717, 1.165) is 33.6 Å². The van der Waals surface area contributed by atoms with Gasteiger partial charge in [0.25, 0.3) is 11.8 Å². The van der Waals surface area contributed by atoms with Gasteiger partial charge in [0, 0.05) is 29.1 Å². The molecule has 0 aliphatic carbocycles. The van der Waals surface area contributed by atoms with Gasteiger partial charge in [-0.25, -0.2) is 4.98 Å². The Morgan fingerprint density at radius 1 is 0.951 bits per heavy atom. The summed E-state index contributed by atoms with van der Waals surface area (Å²) < 4.78 is 2.04. The molecule has 4 amide bonds. The number of amides is 4. The summed E-state index contributed by atoms with van der Waals surface area (Å²) in [7, 11) is 0. The maximum atomic E-state index is 13.5. The number of aromatic nitrogens is 2. The number of imidazole rings is 1. The van der Waals surface area contributed by atoms with Crippen LogP contribution < -0.4 is 10.6 Å². The van der Waals surface area contributed by atoms with Crippen LogP contribution >= 0.6 is 0 Å². The van der Waals surface area contributed by atoms with Crippen molar-refractivity contribution in [2.45, 2.75) is 65.5 Å². The van der Waals surface area contributed by atoms with E-state index >= 15 is 0 Å². The Kier molecular flexibility index (Phi) is 6.02. The summed E-state index contributed by atoms with van der Waals surface area (Å²) in [5.74, 6) is -1.32. The lowest BCUT2D eigenvalue weighted by atomic mass is 9.82. The molecule has 4 aromatic rings. The van der Waals surface area contributed by atoms with Gasteiger partial charge in [-0.1, -0.05) is 51.1 Å². The molecule has 2 aromatic carbocycles. The maximum Gasteiger partial charge on any atom is 0.262 e. The van der Waals surface area contributed by atoms with Gasteiger partial charge >= 0.3 is 0 Å². The quantitative estimate of drug-likeness (QED) is 0.331. The summed E-state index contributed by atoms with van der Waals surface area (Å²) in [4.78, 5) is 57.0. The van der Waals surface area contributed by atoms with Gasteiger partial charge in [0.2, 0.25) is 11.8 Å². The summed E-state index contributed by atoms with van der Waals surface area (Å²) in [6.07, 6.45) is 3.07. The van der Waals surface area contributed by atoms with Crippen molar-refractivity contribution in [2.75, 3.05) is 5.32 Å². The standard InChI is InChI=1S/C32H33N5O4/c1-31(2,3)17-32(4,5)35-27-25(34-26-20-9-7-6-8-18(20)14-15-36(26)27)19-10-11-21-22(16-19)30(41)37(29(21)40)23-12-13-24(38)33-28(23)39/h6-11,14-16,23,35H,12-13,17H2,1-5H3,(H,33,38,39). The molecule has 1 fully saturated rings. The lowest BCUT2D eigenvalue weighted by molar-refractivity contribution is -0.136. The first-order chi connectivity index (χ1) is 19.3. The minimum atomic E-state index is -1.01. The lowest BCUT2D eigenvalue weighted by Gasteiger charge is -2.34. The van der Waals surface area contributed by atoms with E-state index < -0.39 is 29.7 Å². The fourth-order valence-corrected chi connectivity index (χ4v) is 6.40. The molecule has 210 valence electrons. The molecular weight excluding hydrogens is 518 g/mol. The molecule has 2 aliphatic heterocycles. The second-order valence-electron chi connectivity index (χ2n) is 12.9. The largest absolute Gasteiger partial charge is 0.364 e. The Hall–Kier alpha value is -4.53. The highest BCUT2D eigenvalue weighted by Crippen LogP contribution is 2.38. The maximum absolute atomic E-state index is 13.5. The van der Waals surface area contributed by atoms with E-state index in [1.54, 1.807) is 18.2 Å². The fraction of sp³-hybridized carbons (Fsp3) is 0.344. The Bertz CT molecular complexity index is 1780. The third-order valence-electron chi connectivity index (χ3n) is 7.66. The third-order valence-corrected chi connectivity index (χ3v) is 7.66. The van der Waals surface area contributed by atoms with E-state index in [9.17, 15) is 19.2 Å². The molecule has 1 saturated heterocycles. The Morgan fingerprint density at radius 2 is 1.68 bits per heavy atom. The highest BCUT2D eigenvalue weighted by Gasteiger charge is 2.44. The normalized spacial score (nSPS) is 17.9. The highest BCUT2D eigenvalue weighted by atomic mass is 16.2. The topological polar surface area (TPSA) is 113 Å². The molecular formula is C32H33N5O4. The minimum Gasteiger partial charge on any atom is -0.364 e. The number of imide groups is 2. The second kappa shape index (κ2) is 9.26. The van der Waals surface area contributed by atoms with Gasteiger partial charge in [0.1, 0.15) is 23.2 Å². The first-order valence-electron chi connectivity index (χ1n) is 13.9. The number of benzene rings is 2. The molecule has 1 unspecified atom stereocenters. The summed E-state index contributed by atoms with van der Waals surface area (Å²) in [6, 6.07) is 14.2. The van der Waals surface area contributed by atoms with E-state index in [2.05, 4.69) is 51.3 Å². The van der Waals surface area contributed by atoms with Crippen molar-refractivity contribution in [3.63, 3.8) is 0 Å². The van der Waals surface area contributed by atoms with Gasteiger partial charge in [-0.05, 0) is 55.7 Å². The molecule has 4 heterocycles. The smallest absolute Gasteiger partial charge is 0.262 e. The van der Waals surface area contributed by atoms with Crippen LogP contribution in [0.2, 0.25) is 0 Å². The summed E-state index contributed by atoms with van der Waals surface area (Å²) in [5.41, 5.74) is 2.35. The summed E-state index contributed by atoms with van der Waals surface area (Å²) >= 11 is 0. The number of fused-ring (bicyclic) bond motifs is 4. The van der Waals surface area contributed by atoms with Crippen LogP contribution in [0.25, 0.3) is 27.7 Å². The van der Waals surface area contributed by atoms with Crippen LogP contribution in [0.4, 0.5) is 5.82 Å². The van der Waals surface area contributed by atoms with Crippen molar-refractivity contribution in [3.8, 4) is 11.3 Å². The zero-order valence-electron chi connectivity index (χ0n) is 23.9. The van der Waals surface area contributed by atoms with Gasteiger partial charge in [-0.2, -0.15) is 0 Å². The number of pyridine rings is 1. The first kappa shape index (κ1) is 26.7. The van der Waals surface area contributed by atoms with Crippen molar-refractivity contribution >= 4 is 45.9 Å². The van der Waals surface area contributed by atoms with Gasteiger partial charge in [-0.15, -0.1) is 0 Å². The molecule has 0 bridgehead atoms. The van der Waals surface area contributed by atoms with Crippen LogP contribution in [0.1, 0.15) is 74.6 Å². The molecule has 2 N–H and O–H groups in total. The van der Waals surface area contributed by atoms with Gasteiger partial charge in [0.15, 0.2) is 0 Å². The lowest BCUT2D eigenvalue weighted by Crippen LogP contribution is -2.54. The molecule has 2 aromatic heterocycles. The van der Waals surface area contributed by atoms with Gasteiger partial charge in [-0.3, -0.25) is 33.8 Å². The number of rotatable bonds is 5. The highest BCUT2D eigenvalue weighted by molar-refractivity contribution is 6.23. The predicted octanol–water partition coefficient (Wildman–Crippen LogP) is 5.18. The van der Waals surface area contributed by atoms with Crippen molar-refractivity contribution in [1.29, 1.82) is 0 Å². The van der Waals surface area contributed by atoms with Gasteiger partial charge in [0.05, 0.1) is 11.1 Å². The number of hydrogen-bond donors (Lipinski definition) is 2. The van der Waals surface area contributed by atoms with E-state index in [0.29, 0.717) is 11.3 Å². The fourth-order valence-electron chi connectivity index (χ4n) is 6.40. The molecule has 2 aliphatic rings. The van der Waals surface area contributed by atoms with Crippen LogP contribution in [0.15, 0.2) is 54.7 Å². The van der Waals surface area contributed by atoms with Crippen LogP contribution in [-0.4, -0.2) is 49.5 Å². The molecule has 0 saturated carbocycles. The number of nitrogens with one attached hydrogen (secondary N) is 2. The average Bonchev–Trinajstić information content (AvgIpc) is 3.37. The number of anilines is 1. The van der Waals surface area contributed by atoms with Crippen molar-refractivity contribution in [2.24, 2.45) is 5.41 Å². The van der Waals surface area contributed by atoms with E-state index in [-0.39, 0.29) is 34.9 Å². The second-order valence-corrected chi connectivity index (χ2v) is 12.9. The van der Waals surface area contributed by atoms with Crippen molar-refractivity contribution in [3.05, 3.63) is 65.9 Å². The van der Waals surface area contributed by atoms with Crippen molar-refractivity contribution < 1.29 is 19.2 Å². The van der Waals surface area contributed by atoms with Crippen molar-refractivity contribution in [1.82, 2.24) is 19.6 Å². The van der Waals surface area contributed by atoms with Crippen LogP contribution in [0.5, 0.6) is 0 Å². The molecule has 9 nitrogen and oxygen atoms in total. The van der Waals surface area contributed by atoms with Crippen LogP contribution in [-0.2, 0) is 9.59 Å². The number of carbonyl (C=O) groups is 4. The predicted molar refractivity (Wildman–Crippen MR) is 157 cm³/mol. The summed E-state index contributed by atoms with van der Waals surface area (Å²) in [6.45, 7) is 10.9. The van der Waals surface area contributed by atoms with Crippen LogP contribution in [0.3, 0.4) is 0 Å². The first-order valence-corrected chi connectivity index (χ1v) is 13.9. The number of nitrogens with zero attached hydrogens (tertiary/aromatic N) is 3. The minimum absolute atomic E-state index is 0.0731. The zero-order chi connectivity index (χ0) is 29.3. The number of piperidine rings is 1. The number of hydrogen-bond acceptors (Lipinski definition) is 6. The number of carbonyl (C=O) groups excluding carboxylic acids is 4. The monoisotopic (exact) mass is 551 g/mol. The molecule has 6 rings (SSSR count). The Morgan fingerprint density at radius 3 is 2.41 bits per heavy atom. The van der Waals surface area contributed by atoms with E-state index in [4.69, 9.17) is 4.98 Å². The third kappa shape index (κ3) is 4.65. The van der Waals surface area contributed by atoms with E-state index in [1.165, 1.54) is 0 Å². The van der Waals surface area contributed by atoms with Gasteiger partial charge < -0.3 is 5.32 Å². The summed E-state index contributed by atoms with van der Waals surface area (Å²) in [5, 5.41) is 8.04. The molecule has 0 radical (unpaired) electrons. The zero-order valence-corrected chi connectivity index (χ0v) is 23.9. The molecule has 0 spiro atoms. The van der Waals surface area contributed by atoms with E-state index in [1.807, 2.05) is 34.9 Å². The SMILES string of the molecule is CC(C)(C)CC(C)(C)Nc1c(-c2ccc3c(c2)C(=O)N(C2CCC(=O)NC2=O)C3=O)nc2c3ccccc3ccn12. The average molecular weight is 552 g/mol. The molecule has 9 heteroatoms. The molecule has 1 atom stereocenters. The Balaban J connectivity index is 1.47. The van der Waals surface area contributed by atoms with Crippen LogP contribution in [0, 0.1) is 5.41 Å². The molecule has 41 heavy (non-hydrogen) atoms.